The van der Waals surface area contributed by atoms with Crippen molar-refractivity contribution < 1.29 is 14.6 Å². The number of rotatable bonds is 1. The zero-order chi connectivity index (χ0) is 14.2. The van der Waals surface area contributed by atoms with Gasteiger partial charge >= 0.3 is 5.97 Å². The lowest BCUT2D eigenvalue weighted by atomic mass is 9.85. The van der Waals surface area contributed by atoms with E-state index in [4.69, 9.17) is 0 Å². The van der Waals surface area contributed by atoms with Crippen molar-refractivity contribution in [1.29, 1.82) is 0 Å². The van der Waals surface area contributed by atoms with Crippen LogP contribution in [0.3, 0.4) is 0 Å². The van der Waals surface area contributed by atoms with Crippen molar-refractivity contribution in [2.45, 2.75) is 26.2 Å². The second-order valence-corrected chi connectivity index (χ2v) is 5.67. The Labute approximate surface area is 112 Å². The maximum absolute atomic E-state index is 11.5. The molecule has 3 nitrogen and oxygen atoms in total. The van der Waals surface area contributed by atoms with E-state index >= 15 is 0 Å². The van der Waals surface area contributed by atoms with Crippen LogP contribution in [0.1, 0.15) is 36.7 Å². The SMILES string of the molecule is COC(=O)c1cc(O)c2cc(C(C)(C)C)ccc2c1. The summed E-state index contributed by atoms with van der Waals surface area (Å²) in [6.45, 7) is 6.36. The third-order valence-corrected chi connectivity index (χ3v) is 3.22. The molecule has 0 aliphatic heterocycles. The largest absolute Gasteiger partial charge is 0.507 e. The maximum atomic E-state index is 11.5. The minimum Gasteiger partial charge on any atom is -0.507 e. The van der Waals surface area contributed by atoms with E-state index in [-0.39, 0.29) is 11.2 Å². The zero-order valence-corrected chi connectivity index (χ0v) is 11.7. The van der Waals surface area contributed by atoms with E-state index < -0.39 is 5.97 Å². The van der Waals surface area contributed by atoms with Crippen LogP contribution in [-0.2, 0) is 10.2 Å². The van der Waals surface area contributed by atoms with Crippen LogP contribution >= 0.6 is 0 Å². The lowest BCUT2D eigenvalue weighted by Crippen LogP contribution is -2.10. The van der Waals surface area contributed by atoms with Gasteiger partial charge in [0.25, 0.3) is 0 Å². The summed E-state index contributed by atoms with van der Waals surface area (Å²) >= 11 is 0. The molecule has 1 N–H and O–H groups in total. The average Bonchev–Trinajstić information content (AvgIpc) is 2.36. The second kappa shape index (κ2) is 4.57. The van der Waals surface area contributed by atoms with E-state index in [1.54, 1.807) is 6.07 Å². The molecule has 0 heterocycles. The van der Waals surface area contributed by atoms with E-state index in [2.05, 4.69) is 25.5 Å². The molecule has 2 aromatic rings. The first kappa shape index (κ1) is 13.4. The first-order valence-electron chi connectivity index (χ1n) is 6.18. The molecular formula is C16H18O3. The molecule has 0 fully saturated rings. The van der Waals surface area contributed by atoms with Crippen LogP contribution in [0.25, 0.3) is 10.8 Å². The first-order chi connectivity index (χ1) is 8.82. The predicted octanol–water partition coefficient (Wildman–Crippen LogP) is 3.63. The number of hydrogen-bond acceptors (Lipinski definition) is 3. The molecule has 0 aliphatic rings. The fourth-order valence-corrected chi connectivity index (χ4v) is 2.04. The zero-order valence-electron chi connectivity index (χ0n) is 11.7. The van der Waals surface area contributed by atoms with E-state index in [9.17, 15) is 9.90 Å². The van der Waals surface area contributed by atoms with Crippen LogP contribution in [-0.4, -0.2) is 18.2 Å². The van der Waals surface area contributed by atoms with Crippen molar-refractivity contribution in [3.63, 3.8) is 0 Å². The molecule has 19 heavy (non-hydrogen) atoms. The van der Waals surface area contributed by atoms with Crippen LogP contribution in [0.5, 0.6) is 5.75 Å². The first-order valence-corrected chi connectivity index (χ1v) is 6.18. The van der Waals surface area contributed by atoms with Crippen molar-refractivity contribution in [1.82, 2.24) is 0 Å². The highest BCUT2D eigenvalue weighted by Gasteiger charge is 2.16. The van der Waals surface area contributed by atoms with Gasteiger partial charge < -0.3 is 9.84 Å². The minimum absolute atomic E-state index is 0.0155. The van der Waals surface area contributed by atoms with Gasteiger partial charge in [0.2, 0.25) is 0 Å². The average molecular weight is 258 g/mol. The van der Waals surface area contributed by atoms with Crippen molar-refractivity contribution in [3.8, 4) is 5.75 Å². The highest BCUT2D eigenvalue weighted by atomic mass is 16.5. The maximum Gasteiger partial charge on any atom is 0.338 e. The highest BCUT2D eigenvalue weighted by molar-refractivity contribution is 5.98. The summed E-state index contributed by atoms with van der Waals surface area (Å²) in [6, 6.07) is 9.07. The summed E-state index contributed by atoms with van der Waals surface area (Å²) in [5.41, 5.74) is 1.51. The third kappa shape index (κ3) is 2.55. The van der Waals surface area contributed by atoms with E-state index in [1.807, 2.05) is 18.2 Å². The Kier molecular flexibility index (Phi) is 3.23. The Bertz CT molecular complexity index is 636. The fourth-order valence-electron chi connectivity index (χ4n) is 2.04. The van der Waals surface area contributed by atoms with Gasteiger partial charge in [-0.1, -0.05) is 32.9 Å². The third-order valence-electron chi connectivity index (χ3n) is 3.22. The number of phenols is 1. The summed E-state index contributed by atoms with van der Waals surface area (Å²) in [4.78, 5) is 11.5. The number of phenolic OH excluding ortho intramolecular Hbond substituents is 1. The summed E-state index contributed by atoms with van der Waals surface area (Å²) in [5.74, 6) is -0.346. The Morgan fingerprint density at radius 3 is 2.42 bits per heavy atom. The number of aromatic hydroxyl groups is 1. The number of carbonyl (C=O) groups excluding carboxylic acids is 1. The van der Waals surface area contributed by atoms with Gasteiger partial charge in [0.15, 0.2) is 0 Å². The smallest absolute Gasteiger partial charge is 0.338 e. The van der Waals surface area contributed by atoms with Gasteiger partial charge in [0.1, 0.15) is 5.75 Å². The van der Waals surface area contributed by atoms with Gasteiger partial charge in [-0.15, -0.1) is 0 Å². The molecule has 0 saturated carbocycles. The van der Waals surface area contributed by atoms with Crippen molar-refractivity contribution in [2.75, 3.05) is 7.11 Å². The minimum atomic E-state index is -0.447. The lowest BCUT2D eigenvalue weighted by Gasteiger charge is -2.19. The number of methoxy groups -OCH3 is 1. The molecule has 2 rings (SSSR count). The summed E-state index contributed by atoms with van der Waals surface area (Å²) in [6.07, 6.45) is 0. The van der Waals surface area contributed by atoms with E-state index in [0.717, 1.165) is 16.3 Å². The van der Waals surface area contributed by atoms with Gasteiger partial charge in [0, 0.05) is 5.39 Å². The topological polar surface area (TPSA) is 46.5 Å². The Morgan fingerprint density at radius 1 is 1.16 bits per heavy atom. The number of carbonyl (C=O) groups is 1. The van der Waals surface area contributed by atoms with E-state index in [1.165, 1.54) is 13.2 Å². The van der Waals surface area contributed by atoms with Gasteiger partial charge in [-0.25, -0.2) is 4.79 Å². The monoisotopic (exact) mass is 258 g/mol. The normalized spacial score (nSPS) is 11.6. The predicted molar refractivity (Wildman–Crippen MR) is 75.7 cm³/mol. The van der Waals surface area contributed by atoms with Crippen LogP contribution in [0.4, 0.5) is 0 Å². The molecule has 0 aliphatic carbocycles. The van der Waals surface area contributed by atoms with Gasteiger partial charge in [-0.2, -0.15) is 0 Å². The molecule has 0 radical (unpaired) electrons. The Balaban J connectivity index is 2.63. The van der Waals surface area contributed by atoms with Crippen molar-refractivity contribution >= 4 is 16.7 Å². The fraction of sp³-hybridized carbons (Fsp3) is 0.312. The standard InChI is InChI=1S/C16H18O3/c1-16(2,3)12-6-5-10-7-11(15(18)19-4)8-14(17)13(10)9-12/h5-9,17H,1-4H3. The summed E-state index contributed by atoms with van der Waals surface area (Å²) < 4.78 is 4.67. The summed E-state index contributed by atoms with van der Waals surface area (Å²) in [7, 11) is 1.33. The van der Waals surface area contributed by atoms with Crippen LogP contribution in [0, 0.1) is 0 Å². The van der Waals surface area contributed by atoms with Gasteiger partial charge in [0.05, 0.1) is 12.7 Å². The molecular weight excluding hydrogens is 240 g/mol. The van der Waals surface area contributed by atoms with Gasteiger partial charge in [-0.3, -0.25) is 0 Å². The van der Waals surface area contributed by atoms with Gasteiger partial charge in [-0.05, 0) is 34.6 Å². The molecule has 0 atom stereocenters. The molecule has 100 valence electrons. The lowest BCUT2D eigenvalue weighted by molar-refractivity contribution is 0.0600. The molecule has 0 amide bonds. The number of fused-ring (bicyclic) bond motifs is 1. The Morgan fingerprint density at radius 2 is 1.84 bits per heavy atom. The molecule has 0 saturated heterocycles. The number of hydrogen-bond donors (Lipinski definition) is 1. The number of ether oxygens (including phenoxy) is 1. The molecule has 0 bridgehead atoms. The van der Waals surface area contributed by atoms with E-state index in [0.29, 0.717) is 5.56 Å². The van der Waals surface area contributed by atoms with Crippen LogP contribution in [0.15, 0.2) is 30.3 Å². The molecule has 0 unspecified atom stereocenters. The number of esters is 1. The molecule has 0 aromatic heterocycles. The van der Waals surface area contributed by atoms with Crippen molar-refractivity contribution in [3.05, 3.63) is 41.5 Å². The van der Waals surface area contributed by atoms with Crippen LogP contribution in [0.2, 0.25) is 0 Å². The molecule has 2 aromatic carbocycles. The number of benzene rings is 2. The molecule has 3 heteroatoms. The highest BCUT2D eigenvalue weighted by Crippen LogP contribution is 2.31. The Hall–Kier alpha value is -2.03. The summed E-state index contributed by atoms with van der Waals surface area (Å²) in [5, 5.41) is 11.7. The second-order valence-electron chi connectivity index (χ2n) is 5.67. The quantitative estimate of drug-likeness (QED) is 0.794. The molecule has 0 spiro atoms. The van der Waals surface area contributed by atoms with Crippen molar-refractivity contribution in [2.24, 2.45) is 0 Å². The van der Waals surface area contributed by atoms with Crippen LogP contribution < -0.4 is 0 Å².